The number of nitrogens with zero attached hydrogens (tertiary/aromatic N) is 2. The molecule has 0 heterocycles. The first kappa shape index (κ1) is 19.7. The molecule has 0 aliphatic rings. The Hall–Kier alpha value is -4.10. The van der Waals surface area contributed by atoms with Crippen molar-refractivity contribution in [3.05, 3.63) is 77.4 Å². The Labute approximate surface area is 166 Å². The van der Waals surface area contributed by atoms with Crippen molar-refractivity contribution in [2.24, 2.45) is 0 Å². The topological polar surface area (TPSA) is 80.9 Å². The summed E-state index contributed by atoms with van der Waals surface area (Å²) in [4.78, 5) is 0. The number of benzene rings is 3. The maximum atomic E-state index is 15.1. The third kappa shape index (κ3) is 4.10. The number of hydrogen-bond donors (Lipinski definition) is 2. The largest absolute Gasteiger partial charge is 0.494 e. The van der Waals surface area contributed by atoms with Crippen LogP contribution >= 0.6 is 0 Å². The molecule has 0 unspecified atom stereocenters. The lowest BCUT2D eigenvalue weighted by Crippen LogP contribution is -2.08. The van der Waals surface area contributed by atoms with E-state index in [9.17, 15) is 10.5 Å². The van der Waals surface area contributed by atoms with Gasteiger partial charge in [-0.1, -0.05) is 24.3 Å². The van der Waals surface area contributed by atoms with E-state index in [0.717, 1.165) is 0 Å². The van der Waals surface area contributed by atoms with Crippen molar-refractivity contribution >= 4 is 22.7 Å². The highest BCUT2D eigenvalue weighted by Crippen LogP contribution is 2.38. The summed E-state index contributed by atoms with van der Waals surface area (Å²) in [5, 5.41) is 24.1. The van der Waals surface area contributed by atoms with Gasteiger partial charge in [0, 0.05) is 17.4 Å². The van der Waals surface area contributed by atoms with Gasteiger partial charge < -0.3 is 15.4 Å². The highest BCUT2D eigenvalue weighted by atomic mass is 19.1. The molecule has 0 aliphatic heterocycles. The van der Waals surface area contributed by atoms with Gasteiger partial charge in [-0.25, -0.2) is 8.78 Å². The van der Waals surface area contributed by atoms with Crippen molar-refractivity contribution in [1.29, 1.82) is 10.5 Å². The molecule has 3 rings (SSSR count). The fourth-order valence-electron chi connectivity index (χ4n) is 2.77. The minimum Gasteiger partial charge on any atom is -0.494 e. The fraction of sp³-hybridized carbons (Fsp3) is 0.0909. The highest BCUT2D eigenvalue weighted by Gasteiger charge is 2.25. The summed E-state index contributed by atoms with van der Waals surface area (Å²) in [5.74, 6) is -1.49. The van der Waals surface area contributed by atoms with Crippen LogP contribution in [0.5, 0.6) is 5.75 Å². The minimum atomic E-state index is -1.02. The van der Waals surface area contributed by atoms with Gasteiger partial charge in [-0.15, -0.1) is 0 Å². The molecule has 0 saturated carbocycles. The van der Waals surface area contributed by atoms with Crippen molar-refractivity contribution in [3.63, 3.8) is 0 Å². The molecule has 0 bridgehead atoms. The number of halogens is 2. The molecule has 3 aromatic carbocycles. The summed E-state index contributed by atoms with van der Waals surface area (Å²) < 4.78 is 35.6. The van der Waals surface area contributed by atoms with E-state index < -0.39 is 22.8 Å². The zero-order valence-corrected chi connectivity index (χ0v) is 15.5. The summed E-state index contributed by atoms with van der Waals surface area (Å²) in [5.41, 5.74) is -0.949. The SMILES string of the molecule is CCOc1cccc(Nc2c(F)c(C#N)c(C#N)c(F)c2Nc2ccccc2)c1. The number of nitriles is 2. The molecule has 0 atom stereocenters. The van der Waals surface area contributed by atoms with E-state index in [0.29, 0.717) is 23.7 Å². The van der Waals surface area contributed by atoms with Gasteiger partial charge >= 0.3 is 0 Å². The Morgan fingerprint density at radius 3 is 1.93 bits per heavy atom. The number of ether oxygens (including phenoxy) is 1. The zero-order chi connectivity index (χ0) is 20.8. The lowest BCUT2D eigenvalue weighted by Gasteiger charge is -2.18. The van der Waals surface area contributed by atoms with Crippen LogP contribution in [-0.4, -0.2) is 6.61 Å². The Morgan fingerprint density at radius 2 is 1.38 bits per heavy atom. The van der Waals surface area contributed by atoms with Crippen molar-refractivity contribution in [2.75, 3.05) is 17.2 Å². The molecule has 2 N–H and O–H groups in total. The molecule has 144 valence electrons. The van der Waals surface area contributed by atoms with Gasteiger partial charge in [-0.3, -0.25) is 0 Å². The van der Waals surface area contributed by atoms with Crippen molar-refractivity contribution in [3.8, 4) is 17.9 Å². The second-order valence-corrected chi connectivity index (χ2v) is 5.93. The van der Waals surface area contributed by atoms with Crippen molar-refractivity contribution < 1.29 is 13.5 Å². The van der Waals surface area contributed by atoms with Crippen LogP contribution in [0.15, 0.2) is 54.6 Å². The van der Waals surface area contributed by atoms with Gasteiger partial charge in [0.05, 0.1) is 6.61 Å². The Bertz CT molecular complexity index is 1120. The summed E-state index contributed by atoms with van der Waals surface area (Å²) in [7, 11) is 0. The Kier molecular flexibility index (Phi) is 5.91. The number of anilines is 4. The molecular formula is C22H16F2N4O. The predicted octanol–water partition coefficient (Wildman–Crippen LogP) is 5.59. The number of nitrogens with one attached hydrogen (secondary N) is 2. The van der Waals surface area contributed by atoms with E-state index in [1.165, 1.54) is 0 Å². The van der Waals surface area contributed by atoms with Crippen LogP contribution in [-0.2, 0) is 0 Å². The zero-order valence-electron chi connectivity index (χ0n) is 15.5. The molecule has 29 heavy (non-hydrogen) atoms. The van der Waals surface area contributed by atoms with Crippen LogP contribution in [0.4, 0.5) is 31.5 Å². The quantitative estimate of drug-likeness (QED) is 0.573. The number of rotatable bonds is 6. The van der Waals surface area contributed by atoms with Gasteiger partial charge in [-0.05, 0) is 31.2 Å². The van der Waals surface area contributed by atoms with E-state index in [2.05, 4.69) is 10.6 Å². The molecule has 7 heteroatoms. The molecule has 5 nitrogen and oxygen atoms in total. The van der Waals surface area contributed by atoms with Gasteiger partial charge in [0.25, 0.3) is 0 Å². The van der Waals surface area contributed by atoms with Crippen molar-refractivity contribution in [1.82, 2.24) is 0 Å². The molecule has 0 fully saturated rings. The second-order valence-electron chi connectivity index (χ2n) is 5.93. The summed E-state index contributed by atoms with van der Waals surface area (Å²) in [6.07, 6.45) is 0. The first-order valence-corrected chi connectivity index (χ1v) is 8.76. The molecular weight excluding hydrogens is 374 g/mol. The standard InChI is InChI=1S/C22H16F2N4O/c1-2-29-16-10-6-9-15(11-16)28-22-20(24)18(13-26)17(12-25)19(23)21(22)27-14-7-4-3-5-8-14/h3-11,27-28H,2H2,1H3. The van der Waals surface area contributed by atoms with Gasteiger partial charge in [0.15, 0.2) is 11.6 Å². The van der Waals surface area contributed by atoms with E-state index in [-0.39, 0.29) is 11.4 Å². The molecule has 0 aromatic heterocycles. The summed E-state index contributed by atoms with van der Waals surface area (Å²) in [6.45, 7) is 2.28. The van der Waals surface area contributed by atoms with E-state index in [1.54, 1.807) is 66.7 Å². The van der Waals surface area contributed by atoms with Crippen LogP contribution in [0.2, 0.25) is 0 Å². The highest BCUT2D eigenvalue weighted by molar-refractivity contribution is 5.83. The molecule has 0 aliphatic carbocycles. The fourth-order valence-corrected chi connectivity index (χ4v) is 2.77. The minimum absolute atomic E-state index is 0.272. The predicted molar refractivity (Wildman–Crippen MR) is 106 cm³/mol. The third-order valence-electron chi connectivity index (χ3n) is 4.06. The summed E-state index contributed by atoms with van der Waals surface area (Å²) >= 11 is 0. The first-order valence-electron chi connectivity index (χ1n) is 8.76. The van der Waals surface area contributed by atoms with Crippen LogP contribution in [0, 0.1) is 34.3 Å². The van der Waals surface area contributed by atoms with Crippen LogP contribution in [0.25, 0.3) is 0 Å². The molecule has 0 amide bonds. The normalized spacial score (nSPS) is 9.97. The van der Waals surface area contributed by atoms with Gasteiger partial charge in [-0.2, -0.15) is 10.5 Å². The smallest absolute Gasteiger partial charge is 0.168 e. The molecule has 0 saturated heterocycles. The molecule has 0 spiro atoms. The maximum Gasteiger partial charge on any atom is 0.168 e. The monoisotopic (exact) mass is 390 g/mol. The van der Waals surface area contributed by atoms with E-state index in [4.69, 9.17) is 4.74 Å². The van der Waals surface area contributed by atoms with Crippen LogP contribution in [0.3, 0.4) is 0 Å². The first-order chi connectivity index (χ1) is 14.1. The van der Waals surface area contributed by atoms with E-state index >= 15 is 8.78 Å². The van der Waals surface area contributed by atoms with E-state index in [1.807, 2.05) is 6.92 Å². The van der Waals surface area contributed by atoms with Crippen molar-refractivity contribution in [2.45, 2.75) is 6.92 Å². The maximum absolute atomic E-state index is 15.1. The lowest BCUT2D eigenvalue weighted by atomic mass is 10.0. The third-order valence-corrected chi connectivity index (χ3v) is 4.06. The average Bonchev–Trinajstić information content (AvgIpc) is 2.74. The molecule has 3 aromatic rings. The summed E-state index contributed by atoms with van der Waals surface area (Å²) in [6, 6.07) is 18.4. The average molecular weight is 390 g/mol. The van der Waals surface area contributed by atoms with Crippen LogP contribution < -0.4 is 15.4 Å². The van der Waals surface area contributed by atoms with Gasteiger partial charge in [0.2, 0.25) is 0 Å². The Morgan fingerprint density at radius 1 is 0.828 bits per heavy atom. The lowest BCUT2D eigenvalue weighted by molar-refractivity contribution is 0.340. The Balaban J connectivity index is 2.16. The van der Waals surface area contributed by atoms with Gasteiger partial charge in [0.1, 0.15) is 40.4 Å². The molecule has 0 radical (unpaired) electrons. The second kappa shape index (κ2) is 8.73. The number of hydrogen-bond acceptors (Lipinski definition) is 5. The number of para-hydroxylation sites is 1. The van der Waals surface area contributed by atoms with Crippen LogP contribution in [0.1, 0.15) is 18.1 Å².